The fraction of sp³-hybridized carbons (Fsp3) is 0.478. The minimum absolute atomic E-state index is 0.0990. The third kappa shape index (κ3) is 4.76. The molecule has 168 valence electrons. The monoisotopic (exact) mass is 460 g/mol. The summed E-state index contributed by atoms with van der Waals surface area (Å²) in [6, 6.07) is 15.1. The number of rotatable bonds is 9. The molecule has 31 heavy (non-hydrogen) atoms. The van der Waals surface area contributed by atoms with Gasteiger partial charge in [0.25, 0.3) is 5.91 Å². The molecule has 0 spiro atoms. The van der Waals surface area contributed by atoms with Crippen molar-refractivity contribution >= 4 is 32.2 Å². The number of urea groups is 1. The highest BCUT2D eigenvalue weighted by molar-refractivity contribution is 7.97. The van der Waals surface area contributed by atoms with Gasteiger partial charge in [-0.2, -0.15) is 0 Å². The maximum Gasteiger partial charge on any atom is 0.338 e. The molecule has 2 atom stereocenters. The Morgan fingerprint density at radius 1 is 1.13 bits per heavy atom. The Bertz CT molecular complexity index is 863. The van der Waals surface area contributed by atoms with E-state index in [0.717, 1.165) is 23.0 Å². The molecule has 3 rings (SSSR count). The first kappa shape index (κ1) is 23.6. The normalized spacial score (nSPS) is 18.9. The molecule has 6 nitrogen and oxygen atoms in total. The molecule has 1 aromatic carbocycles. The SMILES string of the molecule is CC[Si](CC)(CC)O[C@H]1C(=O)N(C(=O)N(Sc2ccccc2)C(C)C)[C@H]1c1ccco1. The van der Waals surface area contributed by atoms with Gasteiger partial charge in [0, 0.05) is 10.9 Å². The van der Waals surface area contributed by atoms with Crippen molar-refractivity contribution in [1.29, 1.82) is 0 Å². The number of hydrogen-bond donors (Lipinski definition) is 0. The van der Waals surface area contributed by atoms with Crippen molar-refractivity contribution in [2.24, 2.45) is 0 Å². The Morgan fingerprint density at radius 3 is 2.29 bits per heavy atom. The highest BCUT2D eigenvalue weighted by atomic mass is 32.2. The van der Waals surface area contributed by atoms with Crippen LogP contribution in [-0.2, 0) is 9.22 Å². The van der Waals surface area contributed by atoms with Crippen LogP contribution in [0.5, 0.6) is 0 Å². The zero-order chi connectivity index (χ0) is 22.6. The van der Waals surface area contributed by atoms with Gasteiger partial charge in [0.1, 0.15) is 11.8 Å². The summed E-state index contributed by atoms with van der Waals surface area (Å²) in [6.45, 7) is 10.3. The van der Waals surface area contributed by atoms with Gasteiger partial charge in [-0.05, 0) is 68.2 Å². The number of amides is 3. The smallest absolute Gasteiger partial charge is 0.338 e. The lowest BCUT2D eigenvalue weighted by Crippen LogP contribution is -2.66. The molecule has 1 aliphatic rings. The summed E-state index contributed by atoms with van der Waals surface area (Å²) < 4.78 is 13.8. The molecule has 1 saturated heterocycles. The van der Waals surface area contributed by atoms with Gasteiger partial charge in [0.2, 0.25) is 0 Å². The van der Waals surface area contributed by atoms with E-state index in [1.165, 1.54) is 16.8 Å². The Hall–Kier alpha value is -2.03. The van der Waals surface area contributed by atoms with Crippen molar-refractivity contribution in [3.05, 3.63) is 54.5 Å². The molecule has 3 amide bonds. The number of carbonyl (C=O) groups is 2. The first-order valence-electron chi connectivity index (χ1n) is 11.0. The standard InChI is InChI=1S/C23H32N2O4SSi/c1-6-31(7-2,8-3)29-21-20(19-15-12-16-28-19)24(22(21)26)23(27)25(17(4)5)30-18-13-10-9-11-14-18/h9-17,20-21H,6-8H2,1-5H3/t20-,21+/m0/s1. The van der Waals surface area contributed by atoms with Crippen molar-refractivity contribution in [1.82, 2.24) is 9.21 Å². The second kappa shape index (κ2) is 10.1. The van der Waals surface area contributed by atoms with Crippen molar-refractivity contribution in [3.63, 3.8) is 0 Å². The lowest BCUT2D eigenvalue weighted by molar-refractivity contribution is -0.160. The summed E-state index contributed by atoms with van der Waals surface area (Å²) in [5.41, 5.74) is 0. The molecule has 2 heterocycles. The van der Waals surface area contributed by atoms with Crippen LogP contribution >= 0.6 is 11.9 Å². The summed E-state index contributed by atoms with van der Waals surface area (Å²) in [4.78, 5) is 29.0. The maximum absolute atomic E-state index is 13.5. The minimum atomic E-state index is -2.04. The minimum Gasteiger partial charge on any atom is -0.467 e. The number of benzene rings is 1. The van der Waals surface area contributed by atoms with E-state index in [2.05, 4.69) is 20.8 Å². The zero-order valence-corrected chi connectivity index (χ0v) is 20.7. The molecular weight excluding hydrogens is 428 g/mol. The molecule has 0 saturated carbocycles. The van der Waals surface area contributed by atoms with Crippen LogP contribution in [0.1, 0.15) is 46.4 Å². The summed E-state index contributed by atoms with van der Waals surface area (Å²) in [5, 5.41) is 0. The van der Waals surface area contributed by atoms with Crippen molar-refractivity contribution in [2.75, 3.05) is 0 Å². The summed E-state index contributed by atoms with van der Waals surface area (Å²) >= 11 is 1.34. The summed E-state index contributed by atoms with van der Waals surface area (Å²) in [5.74, 6) is 0.301. The van der Waals surface area contributed by atoms with Crippen LogP contribution in [0.4, 0.5) is 4.79 Å². The van der Waals surface area contributed by atoms with Gasteiger partial charge in [-0.25, -0.2) is 9.69 Å². The quantitative estimate of drug-likeness (QED) is 0.257. The molecule has 0 unspecified atom stereocenters. The van der Waals surface area contributed by atoms with Gasteiger partial charge in [-0.1, -0.05) is 39.0 Å². The first-order valence-corrected chi connectivity index (χ1v) is 14.3. The highest BCUT2D eigenvalue weighted by Gasteiger charge is 2.57. The van der Waals surface area contributed by atoms with Crippen molar-refractivity contribution in [2.45, 2.75) is 75.8 Å². The molecule has 1 fully saturated rings. The van der Waals surface area contributed by atoms with Gasteiger partial charge >= 0.3 is 6.03 Å². The van der Waals surface area contributed by atoms with E-state index in [4.69, 9.17) is 8.84 Å². The molecule has 8 heteroatoms. The Labute approximate surface area is 190 Å². The molecule has 2 aromatic rings. The van der Waals surface area contributed by atoms with Crippen LogP contribution in [0.15, 0.2) is 58.0 Å². The molecule has 0 radical (unpaired) electrons. The fourth-order valence-electron chi connectivity index (χ4n) is 3.86. The van der Waals surface area contributed by atoms with E-state index >= 15 is 0 Å². The number of nitrogens with zero attached hydrogens (tertiary/aromatic N) is 2. The second-order valence-corrected chi connectivity index (χ2v) is 13.8. The molecular formula is C23H32N2O4SSi. The predicted molar refractivity (Wildman–Crippen MR) is 125 cm³/mol. The number of β-lactam (4-membered cyclic amide) rings is 1. The zero-order valence-electron chi connectivity index (χ0n) is 18.9. The second-order valence-electron chi connectivity index (χ2n) is 8.06. The third-order valence-corrected chi connectivity index (χ3v) is 11.9. The Balaban J connectivity index is 1.88. The van der Waals surface area contributed by atoms with Gasteiger partial charge < -0.3 is 8.84 Å². The van der Waals surface area contributed by atoms with Crippen molar-refractivity contribution < 1.29 is 18.4 Å². The number of likely N-dealkylation sites (tertiary alicyclic amines) is 1. The van der Waals surface area contributed by atoms with Crippen LogP contribution in [-0.4, -0.2) is 41.6 Å². The van der Waals surface area contributed by atoms with E-state index < -0.39 is 20.5 Å². The fourth-order valence-corrected chi connectivity index (χ4v) is 7.51. The van der Waals surface area contributed by atoms with E-state index in [-0.39, 0.29) is 18.0 Å². The van der Waals surface area contributed by atoms with Gasteiger partial charge in [-0.3, -0.25) is 9.10 Å². The van der Waals surface area contributed by atoms with Gasteiger partial charge in [0.15, 0.2) is 14.4 Å². The average Bonchev–Trinajstić information content (AvgIpc) is 3.31. The van der Waals surface area contributed by atoms with Crippen LogP contribution in [0.25, 0.3) is 0 Å². The predicted octanol–water partition coefficient (Wildman–Crippen LogP) is 6.09. The van der Waals surface area contributed by atoms with Crippen LogP contribution < -0.4 is 0 Å². The van der Waals surface area contributed by atoms with E-state index in [0.29, 0.717) is 5.76 Å². The number of imide groups is 1. The summed E-state index contributed by atoms with van der Waals surface area (Å²) in [7, 11) is -2.04. The Morgan fingerprint density at radius 2 is 1.77 bits per heavy atom. The highest BCUT2D eigenvalue weighted by Crippen LogP contribution is 2.42. The topological polar surface area (TPSA) is 63.0 Å². The third-order valence-electron chi connectivity index (χ3n) is 6.00. The number of furan rings is 1. The van der Waals surface area contributed by atoms with Gasteiger partial charge in [0.05, 0.1) is 6.26 Å². The first-order chi connectivity index (χ1) is 14.9. The van der Waals surface area contributed by atoms with Crippen molar-refractivity contribution in [3.8, 4) is 0 Å². The number of carbonyl (C=O) groups excluding carboxylic acids is 2. The van der Waals surface area contributed by atoms with Crippen LogP contribution in [0, 0.1) is 0 Å². The number of hydrogen-bond acceptors (Lipinski definition) is 5. The molecule has 1 aromatic heterocycles. The van der Waals surface area contributed by atoms with Crippen LogP contribution in [0.2, 0.25) is 18.1 Å². The van der Waals surface area contributed by atoms with Gasteiger partial charge in [-0.15, -0.1) is 0 Å². The van der Waals surface area contributed by atoms with E-state index in [9.17, 15) is 9.59 Å². The lowest BCUT2D eigenvalue weighted by Gasteiger charge is -2.48. The Kier molecular flexibility index (Phi) is 7.67. The molecule has 1 aliphatic heterocycles. The van der Waals surface area contributed by atoms with E-state index in [1.54, 1.807) is 16.6 Å². The molecule has 0 bridgehead atoms. The molecule has 0 aliphatic carbocycles. The largest absolute Gasteiger partial charge is 0.467 e. The summed E-state index contributed by atoms with van der Waals surface area (Å²) in [6.07, 6.45) is 0.901. The molecule has 0 N–H and O–H groups in total. The maximum atomic E-state index is 13.5. The lowest BCUT2D eigenvalue weighted by atomic mass is 9.96. The average molecular weight is 461 g/mol. The van der Waals surface area contributed by atoms with E-state index in [1.807, 2.05) is 50.2 Å². The van der Waals surface area contributed by atoms with Crippen LogP contribution in [0.3, 0.4) is 0 Å².